The fraction of sp³-hybridized carbons (Fsp3) is 0.182. The molecule has 3 aromatic carbocycles. The third-order valence-corrected chi connectivity index (χ3v) is 5.49. The zero-order valence-corrected chi connectivity index (χ0v) is 18.8. The van der Waals surface area contributed by atoms with Gasteiger partial charge in [0.1, 0.15) is 12.4 Å². The molecule has 0 radical (unpaired) electrons. The van der Waals surface area contributed by atoms with Crippen LogP contribution in [0.15, 0.2) is 59.1 Å². The van der Waals surface area contributed by atoms with Crippen LogP contribution in [0.3, 0.4) is 0 Å². The minimum Gasteiger partial charge on any atom is -0.508 e. The molecule has 0 saturated carbocycles. The lowest BCUT2D eigenvalue weighted by molar-refractivity contribution is 0.269. The number of halogens is 3. The highest BCUT2D eigenvalue weighted by Gasteiger charge is 2.12. The minimum atomic E-state index is 0.234. The van der Waals surface area contributed by atoms with Crippen molar-refractivity contribution in [3.8, 4) is 17.2 Å². The van der Waals surface area contributed by atoms with Crippen molar-refractivity contribution >= 4 is 44.8 Å². The summed E-state index contributed by atoms with van der Waals surface area (Å²) in [5.41, 5.74) is 2.76. The number of aromatic hydroxyl groups is 1. The molecule has 152 valence electrons. The summed E-state index contributed by atoms with van der Waals surface area (Å²) in [6.07, 6.45) is 0. The van der Waals surface area contributed by atoms with Crippen LogP contribution in [0.2, 0.25) is 10.0 Å². The van der Waals surface area contributed by atoms with Crippen molar-refractivity contribution in [1.29, 1.82) is 0 Å². The largest absolute Gasteiger partial charge is 0.508 e. The van der Waals surface area contributed by atoms with Gasteiger partial charge in [-0.25, -0.2) is 0 Å². The van der Waals surface area contributed by atoms with Crippen LogP contribution < -0.4 is 14.8 Å². The lowest BCUT2D eigenvalue weighted by Crippen LogP contribution is -2.04. The van der Waals surface area contributed by atoms with Gasteiger partial charge in [0.2, 0.25) is 0 Å². The molecule has 0 aliphatic carbocycles. The molecule has 7 heteroatoms. The van der Waals surface area contributed by atoms with Gasteiger partial charge in [0, 0.05) is 32.3 Å². The van der Waals surface area contributed by atoms with Crippen molar-refractivity contribution < 1.29 is 14.6 Å². The molecule has 0 unspecified atom stereocenters. The summed E-state index contributed by atoms with van der Waals surface area (Å²) in [6.45, 7) is 3.32. The SMILES string of the molecule is CCOc1cc(CNc2ccc(O)cc2)c(Br)cc1OCc1ccc(Cl)cc1Cl. The molecule has 3 rings (SSSR count). The van der Waals surface area contributed by atoms with Crippen molar-refractivity contribution in [3.05, 3.63) is 80.2 Å². The Balaban J connectivity index is 1.75. The van der Waals surface area contributed by atoms with E-state index in [1.807, 2.05) is 37.3 Å². The summed E-state index contributed by atoms with van der Waals surface area (Å²) in [7, 11) is 0. The van der Waals surface area contributed by atoms with Gasteiger partial charge in [-0.1, -0.05) is 45.2 Å². The van der Waals surface area contributed by atoms with Gasteiger partial charge >= 0.3 is 0 Å². The Bertz CT molecular complexity index is 981. The van der Waals surface area contributed by atoms with E-state index in [9.17, 15) is 5.11 Å². The van der Waals surface area contributed by atoms with E-state index in [0.717, 1.165) is 21.3 Å². The minimum absolute atomic E-state index is 0.234. The molecule has 0 aliphatic rings. The Morgan fingerprint density at radius 1 is 0.931 bits per heavy atom. The standard InChI is InChI=1S/C22H20BrCl2NO3/c1-2-28-21-9-15(12-26-17-5-7-18(27)8-6-17)19(23)11-22(21)29-13-14-3-4-16(24)10-20(14)25/h3-11,26-27H,2,12-13H2,1H3. The van der Waals surface area contributed by atoms with Crippen LogP contribution in [0.5, 0.6) is 17.2 Å². The number of hydrogen-bond acceptors (Lipinski definition) is 4. The van der Waals surface area contributed by atoms with Crippen LogP contribution in [0.1, 0.15) is 18.1 Å². The van der Waals surface area contributed by atoms with E-state index in [1.165, 1.54) is 0 Å². The van der Waals surface area contributed by atoms with E-state index >= 15 is 0 Å². The maximum Gasteiger partial charge on any atom is 0.162 e. The van der Waals surface area contributed by atoms with Gasteiger partial charge < -0.3 is 19.9 Å². The zero-order valence-electron chi connectivity index (χ0n) is 15.7. The molecule has 0 saturated heterocycles. The Hall–Kier alpha value is -2.08. The maximum atomic E-state index is 9.40. The molecule has 0 atom stereocenters. The monoisotopic (exact) mass is 495 g/mol. The molecule has 29 heavy (non-hydrogen) atoms. The highest BCUT2D eigenvalue weighted by molar-refractivity contribution is 9.10. The van der Waals surface area contributed by atoms with Gasteiger partial charge in [-0.15, -0.1) is 0 Å². The van der Waals surface area contributed by atoms with Crippen LogP contribution in [-0.4, -0.2) is 11.7 Å². The summed E-state index contributed by atoms with van der Waals surface area (Å²) >= 11 is 15.8. The maximum absolute atomic E-state index is 9.40. The van der Waals surface area contributed by atoms with Crippen LogP contribution in [0, 0.1) is 0 Å². The Kier molecular flexibility index (Phi) is 7.53. The van der Waals surface area contributed by atoms with Crippen LogP contribution in [0.4, 0.5) is 5.69 Å². The van der Waals surface area contributed by atoms with E-state index in [4.69, 9.17) is 32.7 Å². The highest BCUT2D eigenvalue weighted by Crippen LogP contribution is 2.35. The molecule has 0 spiro atoms. The summed E-state index contributed by atoms with van der Waals surface area (Å²) in [6, 6.07) is 16.1. The summed E-state index contributed by atoms with van der Waals surface area (Å²) in [4.78, 5) is 0. The average Bonchev–Trinajstić information content (AvgIpc) is 2.69. The van der Waals surface area contributed by atoms with Gasteiger partial charge in [-0.3, -0.25) is 0 Å². The summed E-state index contributed by atoms with van der Waals surface area (Å²) < 4.78 is 12.6. The Morgan fingerprint density at radius 2 is 1.66 bits per heavy atom. The second-order valence-corrected chi connectivity index (χ2v) is 7.95. The van der Waals surface area contributed by atoms with Gasteiger partial charge in [-0.2, -0.15) is 0 Å². The molecule has 0 aromatic heterocycles. The lowest BCUT2D eigenvalue weighted by Gasteiger charge is -2.16. The number of rotatable bonds is 8. The quantitative estimate of drug-likeness (QED) is 0.328. The predicted molar refractivity (Wildman–Crippen MR) is 122 cm³/mol. The molecule has 3 aromatic rings. The molecule has 0 amide bonds. The second kappa shape index (κ2) is 10.1. The Labute approximate surface area is 188 Å². The normalized spacial score (nSPS) is 10.6. The van der Waals surface area contributed by atoms with Crippen molar-refractivity contribution in [2.45, 2.75) is 20.1 Å². The molecule has 0 heterocycles. The third-order valence-electron chi connectivity index (χ3n) is 4.16. The molecule has 2 N–H and O–H groups in total. The van der Waals surface area contributed by atoms with Gasteiger partial charge in [0.05, 0.1) is 6.61 Å². The van der Waals surface area contributed by atoms with Crippen LogP contribution in [0.25, 0.3) is 0 Å². The number of anilines is 1. The first-order chi connectivity index (χ1) is 14.0. The van der Waals surface area contributed by atoms with E-state index in [1.54, 1.807) is 24.3 Å². The zero-order chi connectivity index (χ0) is 20.8. The van der Waals surface area contributed by atoms with Crippen LogP contribution in [-0.2, 0) is 13.2 Å². The Morgan fingerprint density at radius 3 is 2.34 bits per heavy atom. The molecular weight excluding hydrogens is 477 g/mol. The van der Waals surface area contributed by atoms with Crippen LogP contribution >= 0.6 is 39.1 Å². The number of hydrogen-bond donors (Lipinski definition) is 2. The lowest BCUT2D eigenvalue weighted by atomic mass is 10.2. The predicted octanol–water partition coefficient (Wildman–Crippen LogP) is 7.05. The first-order valence-corrected chi connectivity index (χ1v) is 10.6. The number of nitrogens with one attached hydrogen (secondary N) is 1. The van der Waals surface area contributed by atoms with Crippen molar-refractivity contribution in [1.82, 2.24) is 0 Å². The van der Waals surface area contributed by atoms with E-state index in [2.05, 4.69) is 21.2 Å². The first kappa shape index (κ1) is 21.6. The number of ether oxygens (including phenoxy) is 2. The van der Waals surface area contributed by atoms with Gasteiger partial charge in [0.15, 0.2) is 11.5 Å². The first-order valence-electron chi connectivity index (χ1n) is 9.01. The molecule has 0 aliphatic heterocycles. The number of phenolic OH excluding ortho intramolecular Hbond substituents is 1. The van der Waals surface area contributed by atoms with Crippen molar-refractivity contribution in [3.63, 3.8) is 0 Å². The fourth-order valence-electron chi connectivity index (χ4n) is 2.66. The van der Waals surface area contributed by atoms with E-state index < -0.39 is 0 Å². The third kappa shape index (κ3) is 5.95. The molecule has 4 nitrogen and oxygen atoms in total. The highest BCUT2D eigenvalue weighted by atomic mass is 79.9. The van der Waals surface area contributed by atoms with Gasteiger partial charge in [0.25, 0.3) is 0 Å². The van der Waals surface area contributed by atoms with E-state index in [-0.39, 0.29) is 5.75 Å². The van der Waals surface area contributed by atoms with E-state index in [0.29, 0.717) is 41.3 Å². The van der Waals surface area contributed by atoms with Crippen molar-refractivity contribution in [2.24, 2.45) is 0 Å². The van der Waals surface area contributed by atoms with Gasteiger partial charge in [-0.05, 0) is 61.0 Å². The summed E-state index contributed by atoms with van der Waals surface area (Å²) in [5.74, 6) is 1.51. The molecule has 0 bridgehead atoms. The van der Waals surface area contributed by atoms with Crippen molar-refractivity contribution in [2.75, 3.05) is 11.9 Å². The number of benzene rings is 3. The topological polar surface area (TPSA) is 50.7 Å². The fourth-order valence-corrected chi connectivity index (χ4v) is 3.59. The molecular formula is C22H20BrCl2NO3. The number of phenols is 1. The average molecular weight is 497 g/mol. The summed E-state index contributed by atoms with van der Waals surface area (Å²) in [5, 5.41) is 13.9. The molecule has 0 fully saturated rings. The smallest absolute Gasteiger partial charge is 0.162 e. The second-order valence-electron chi connectivity index (χ2n) is 6.25.